The van der Waals surface area contributed by atoms with Crippen LogP contribution in [0.25, 0.3) is 0 Å². The normalized spacial score (nSPS) is 9.86. The Kier molecular flexibility index (Phi) is 5.58. The summed E-state index contributed by atoms with van der Waals surface area (Å²) >= 11 is 0. The molecule has 0 radical (unpaired) electrons. The Morgan fingerprint density at radius 2 is 1.61 bits per heavy atom. The second-order valence-electron chi connectivity index (χ2n) is 5.83. The molecule has 8 nitrogen and oxygen atoms in total. The Labute approximate surface area is 161 Å². The molecule has 28 heavy (non-hydrogen) atoms. The van der Waals surface area contributed by atoms with Gasteiger partial charge < -0.3 is 16.0 Å². The predicted octanol–water partition coefficient (Wildman–Crippen LogP) is 3.30. The fourth-order valence-corrected chi connectivity index (χ4v) is 2.35. The summed E-state index contributed by atoms with van der Waals surface area (Å²) in [5.41, 5.74) is 2.68. The van der Waals surface area contributed by atoms with Crippen molar-refractivity contribution in [2.24, 2.45) is 0 Å². The van der Waals surface area contributed by atoms with E-state index in [4.69, 9.17) is 5.26 Å². The Balaban J connectivity index is 1.63. The van der Waals surface area contributed by atoms with Crippen molar-refractivity contribution in [3.8, 4) is 6.07 Å². The third-order valence-electron chi connectivity index (χ3n) is 3.62. The first-order chi connectivity index (χ1) is 13.5. The summed E-state index contributed by atoms with van der Waals surface area (Å²) in [7, 11) is 0. The molecule has 2 amide bonds. The van der Waals surface area contributed by atoms with Gasteiger partial charge in [0.15, 0.2) is 0 Å². The van der Waals surface area contributed by atoms with E-state index >= 15 is 0 Å². The van der Waals surface area contributed by atoms with Gasteiger partial charge in [0.1, 0.15) is 0 Å². The van der Waals surface area contributed by atoms with E-state index in [0.29, 0.717) is 22.9 Å². The Bertz CT molecular complexity index is 1040. The molecule has 0 aliphatic rings. The lowest BCUT2D eigenvalue weighted by atomic mass is 10.2. The van der Waals surface area contributed by atoms with Crippen molar-refractivity contribution >= 4 is 34.8 Å². The monoisotopic (exact) mass is 372 g/mol. The molecule has 0 fully saturated rings. The molecule has 0 atom stereocenters. The van der Waals surface area contributed by atoms with Crippen molar-refractivity contribution in [3.63, 3.8) is 0 Å². The summed E-state index contributed by atoms with van der Waals surface area (Å²) in [6.45, 7) is 1.44. The van der Waals surface area contributed by atoms with Gasteiger partial charge in [0.05, 0.1) is 17.2 Å². The van der Waals surface area contributed by atoms with Gasteiger partial charge in [-0.25, -0.2) is 9.97 Å². The molecule has 0 bridgehead atoms. The van der Waals surface area contributed by atoms with Gasteiger partial charge in [0.25, 0.3) is 5.91 Å². The predicted molar refractivity (Wildman–Crippen MR) is 105 cm³/mol. The molecule has 0 aliphatic heterocycles. The van der Waals surface area contributed by atoms with Gasteiger partial charge in [-0.2, -0.15) is 5.26 Å². The highest BCUT2D eigenvalue weighted by atomic mass is 16.2. The van der Waals surface area contributed by atoms with Crippen LogP contribution in [0.5, 0.6) is 0 Å². The van der Waals surface area contributed by atoms with Crippen LogP contribution in [-0.2, 0) is 4.79 Å². The number of hydrogen-bond acceptors (Lipinski definition) is 6. The zero-order valence-corrected chi connectivity index (χ0v) is 14.9. The van der Waals surface area contributed by atoms with Crippen LogP contribution in [0, 0.1) is 11.3 Å². The molecule has 0 spiro atoms. The number of hydrogen-bond donors (Lipinski definition) is 3. The molecule has 8 heteroatoms. The number of nitriles is 1. The summed E-state index contributed by atoms with van der Waals surface area (Å²) in [6, 6.07) is 15.7. The standard InChI is InChI=1S/C20H16N6O2/c1-13(27)24-16-5-7-17(8-6-16)26-20-22-11-15(12-23-20)19(28)25-18-4-2-3-14(9-18)10-21/h2-9,11-12H,1H3,(H,24,27)(H,25,28)(H,22,23,26). The molecule has 138 valence electrons. The van der Waals surface area contributed by atoms with E-state index in [1.807, 2.05) is 6.07 Å². The fourth-order valence-electron chi connectivity index (χ4n) is 2.35. The molecule has 3 rings (SSSR count). The fraction of sp³-hybridized carbons (Fsp3) is 0.0500. The third kappa shape index (κ3) is 4.89. The zero-order chi connectivity index (χ0) is 19.9. The molecule has 0 saturated carbocycles. The number of nitrogens with zero attached hydrogens (tertiary/aromatic N) is 3. The quantitative estimate of drug-likeness (QED) is 0.632. The van der Waals surface area contributed by atoms with Crippen LogP contribution in [0.1, 0.15) is 22.8 Å². The van der Waals surface area contributed by atoms with Crippen LogP contribution in [0.4, 0.5) is 23.0 Å². The van der Waals surface area contributed by atoms with E-state index in [0.717, 1.165) is 5.69 Å². The molecule has 1 aromatic heterocycles. The molecule has 0 unspecified atom stereocenters. The van der Waals surface area contributed by atoms with E-state index in [1.54, 1.807) is 48.5 Å². The number of amides is 2. The maximum Gasteiger partial charge on any atom is 0.258 e. The largest absolute Gasteiger partial charge is 0.326 e. The zero-order valence-electron chi connectivity index (χ0n) is 14.9. The topological polar surface area (TPSA) is 120 Å². The van der Waals surface area contributed by atoms with Crippen LogP contribution in [-0.4, -0.2) is 21.8 Å². The van der Waals surface area contributed by atoms with Crippen molar-refractivity contribution in [3.05, 3.63) is 72.1 Å². The van der Waals surface area contributed by atoms with Crippen LogP contribution in [0.15, 0.2) is 60.9 Å². The highest BCUT2D eigenvalue weighted by Crippen LogP contribution is 2.17. The molecule has 1 heterocycles. The summed E-state index contributed by atoms with van der Waals surface area (Å²) < 4.78 is 0. The maximum absolute atomic E-state index is 12.3. The van der Waals surface area contributed by atoms with Crippen molar-refractivity contribution in [2.45, 2.75) is 6.92 Å². The van der Waals surface area contributed by atoms with E-state index in [2.05, 4.69) is 25.9 Å². The number of carbonyl (C=O) groups is 2. The lowest BCUT2D eigenvalue weighted by Gasteiger charge is -2.08. The molecule has 2 aromatic carbocycles. The second kappa shape index (κ2) is 8.42. The minimum Gasteiger partial charge on any atom is -0.326 e. The first-order valence-corrected chi connectivity index (χ1v) is 8.32. The lowest BCUT2D eigenvalue weighted by Crippen LogP contribution is -2.13. The summed E-state index contributed by atoms with van der Waals surface area (Å²) in [5, 5.41) is 17.3. The van der Waals surface area contributed by atoms with Crippen molar-refractivity contribution in [1.29, 1.82) is 5.26 Å². The third-order valence-corrected chi connectivity index (χ3v) is 3.62. The first-order valence-electron chi connectivity index (χ1n) is 8.32. The first kappa shape index (κ1) is 18.5. The average Bonchev–Trinajstić information content (AvgIpc) is 2.70. The second-order valence-corrected chi connectivity index (χ2v) is 5.83. The summed E-state index contributed by atoms with van der Waals surface area (Å²) in [5.74, 6) is -0.186. The van der Waals surface area contributed by atoms with E-state index in [9.17, 15) is 9.59 Å². The number of anilines is 4. The molecular formula is C20H16N6O2. The van der Waals surface area contributed by atoms with Gasteiger partial charge >= 0.3 is 0 Å². The van der Waals surface area contributed by atoms with Crippen LogP contribution in [0.3, 0.4) is 0 Å². The van der Waals surface area contributed by atoms with Crippen molar-refractivity contribution < 1.29 is 9.59 Å². The Morgan fingerprint density at radius 3 is 2.25 bits per heavy atom. The van der Waals surface area contributed by atoms with Gasteiger partial charge in [-0.05, 0) is 42.5 Å². The van der Waals surface area contributed by atoms with Crippen LogP contribution in [0.2, 0.25) is 0 Å². The minimum atomic E-state index is -0.374. The van der Waals surface area contributed by atoms with Gasteiger partial charge in [0, 0.05) is 36.4 Å². The van der Waals surface area contributed by atoms with Crippen molar-refractivity contribution in [1.82, 2.24) is 9.97 Å². The molecule has 0 saturated heterocycles. The SMILES string of the molecule is CC(=O)Nc1ccc(Nc2ncc(C(=O)Nc3cccc(C#N)c3)cn2)cc1. The summed E-state index contributed by atoms with van der Waals surface area (Å²) in [6.07, 6.45) is 2.81. The van der Waals surface area contributed by atoms with E-state index in [1.165, 1.54) is 19.3 Å². The molecule has 3 N–H and O–H groups in total. The van der Waals surface area contributed by atoms with Gasteiger partial charge in [-0.3, -0.25) is 9.59 Å². The van der Waals surface area contributed by atoms with Crippen molar-refractivity contribution in [2.75, 3.05) is 16.0 Å². The minimum absolute atomic E-state index is 0.141. The summed E-state index contributed by atoms with van der Waals surface area (Å²) in [4.78, 5) is 31.6. The number of nitrogens with one attached hydrogen (secondary N) is 3. The molecular weight excluding hydrogens is 356 g/mol. The van der Waals surface area contributed by atoms with E-state index < -0.39 is 0 Å². The van der Waals surface area contributed by atoms with Crippen LogP contribution >= 0.6 is 0 Å². The van der Waals surface area contributed by atoms with E-state index in [-0.39, 0.29) is 17.4 Å². The molecule has 3 aromatic rings. The van der Waals surface area contributed by atoms with Gasteiger partial charge in [-0.1, -0.05) is 6.07 Å². The highest BCUT2D eigenvalue weighted by molar-refractivity contribution is 6.04. The molecule has 0 aliphatic carbocycles. The number of benzene rings is 2. The number of rotatable bonds is 5. The maximum atomic E-state index is 12.3. The smallest absolute Gasteiger partial charge is 0.258 e. The Hall–Kier alpha value is -4.25. The Morgan fingerprint density at radius 1 is 0.929 bits per heavy atom. The lowest BCUT2D eigenvalue weighted by molar-refractivity contribution is -0.114. The van der Waals surface area contributed by atoms with Gasteiger partial charge in [-0.15, -0.1) is 0 Å². The highest BCUT2D eigenvalue weighted by Gasteiger charge is 2.08. The van der Waals surface area contributed by atoms with Crippen LogP contribution < -0.4 is 16.0 Å². The number of aromatic nitrogens is 2. The average molecular weight is 372 g/mol. The van der Waals surface area contributed by atoms with Gasteiger partial charge in [0.2, 0.25) is 11.9 Å². The number of carbonyl (C=O) groups excluding carboxylic acids is 2.